The third-order valence-electron chi connectivity index (χ3n) is 4.24. The van der Waals surface area contributed by atoms with Crippen LogP contribution < -0.4 is 0 Å². The number of rotatable bonds is 8. The molecule has 0 amide bonds. The first-order valence-electron chi connectivity index (χ1n) is 8.11. The standard InChI is InChI=1S/C18H35IOSi2/c1-10-13-16(17(19)21(5,6)7)14-11-12-15-20-22(8,9)18(2,3)4/h10-12H,1,13-15H2,2-9H3/b12-11-,17-16-. The summed E-state index contributed by atoms with van der Waals surface area (Å²) in [7, 11) is -2.85. The minimum Gasteiger partial charge on any atom is -0.413 e. The van der Waals surface area contributed by atoms with E-state index < -0.39 is 16.4 Å². The average molecular weight is 451 g/mol. The SMILES string of the molecule is C=CC/C(C/C=C\CO[Si](C)(C)C(C)(C)C)=C(\I)[Si](C)(C)C. The number of halogens is 1. The lowest BCUT2D eigenvalue weighted by molar-refractivity contribution is 0.328. The van der Waals surface area contributed by atoms with E-state index in [-0.39, 0.29) is 5.04 Å². The van der Waals surface area contributed by atoms with Gasteiger partial charge in [0.15, 0.2) is 8.32 Å². The Hall–Kier alpha value is 0.344. The van der Waals surface area contributed by atoms with E-state index in [2.05, 4.69) is 94.8 Å². The van der Waals surface area contributed by atoms with Crippen molar-refractivity contribution in [1.29, 1.82) is 0 Å². The Balaban J connectivity index is 4.68. The van der Waals surface area contributed by atoms with Crippen LogP contribution in [0.4, 0.5) is 0 Å². The van der Waals surface area contributed by atoms with Crippen LogP contribution in [0.3, 0.4) is 0 Å². The molecule has 0 spiro atoms. The Labute approximate surface area is 154 Å². The minimum atomic E-state index is -1.62. The van der Waals surface area contributed by atoms with E-state index in [0.717, 1.165) is 19.4 Å². The summed E-state index contributed by atoms with van der Waals surface area (Å²) in [6.07, 6.45) is 8.50. The van der Waals surface area contributed by atoms with Crippen LogP contribution in [0.25, 0.3) is 0 Å². The molecule has 0 saturated carbocycles. The van der Waals surface area contributed by atoms with Crippen molar-refractivity contribution in [2.75, 3.05) is 6.61 Å². The maximum absolute atomic E-state index is 6.19. The van der Waals surface area contributed by atoms with Crippen molar-refractivity contribution in [3.8, 4) is 0 Å². The fraction of sp³-hybridized carbons (Fsp3) is 0.667. The second-order valence-corrected chi connectivity index (χ2v) is 20.3. The van der Waals surface area contributed by atoms with Crippen LogP contribution >= 0.6 is 22.6 Å². The van der Waals surface area contributed by atoms with E-state index in [1.807, 2.05) is 6.08 Å². The van der Waals surface area contributed by atoms with Gasteiger partial charge in [-0.15, -0.1) is 6.58 Å². The van der Waals surface area contributed by atoms with Gasteiger partial charge in [0.25, 0.3) is 0 Å². The summed E-state index contributed by atoms with van der Waals surface area (Å²) in [5.74, 6) is 0. The summed E-state index contributed by atoms with van der Waals surface area (Å²) in [5, 5.41) is 0.280. The lowest BCUT2D eigenvalue weighted by Gasteiger charge is -2.35. The molecule has 128 valence electrons. The monoisotopic (exact) mass is 450 g/mol. The van der Waals surface area contributed by atoms with Gasteiger partial charge < -0.3 is 4.43 Å². The van der Waals surface area contributed by atoms with Crippen molar-refractivity contribution in [3.63, 3.8) is 0 Å². The highest BCUT2D eigenvalue weighted by molar-refractivity contribution is 14.1. The van der Waals surface area contributed by atoms with Crippen LogP contribution in [0.15, 0.2) is 33.6 Å². The van der Waals surface area contributed by atoms with Gasteiger partial charge in [-0.2, -0.15) is 0 Å². The zero-order valence-electron chi connectivity index (χ0n) is 15.8. The van der Waals surface area contributed by atoms with Gasteiger partial charge in [0.1, 0.15) is 0 Å². The molecule has 0 heterocycles. The van der Waals surface area contributed by atoms with Crippen molar-refractivity contribution in [1.82, 2.24) is 0 Å². The smallest absolute Gasteiger partial charge is 0.192 e. The number of allylic oxidation sites excluding steroid dienone is 3. The highest BCUT2D eigenvalue weighted by atomic mass is 127. The van der Waals surface area contributed by atoms with E-state index in [9.17, 15) is 0 Å². The maximum Gasteiger partial charge on any atom is 0.192 e. The molecule has 0 N–H and O–H groups in total. The molecule has 0 unspecified atom stereocenters. The highest BCUT2D eigenvalue weighted by Crippen LogP contribution is 2.36. The zero-order chi connectivity index (χ0) is 17.6. The molecule has 0 aliphatic carbocycles. The van der Waals surface area contributed by atoms with E-state index in [4.69, 9.17) is 4.43 Å². The quantitative estimate of drug-likeness (QED) is 0.218. The molecule has 0 aromatic heterocycles. The van der Waals surface area contributed by atoms with E-state index in [0.29, 0.717) is 0 Å². The fourth-order valence-electron chi connectivity index (χ4n) is 1.73. The van der Waals surface area contributed by atoms with Crippen LogP contribution in [0.5, 0.6) is 0 Å². The van der Waals surface area contributed by atoms with Crippen molar-refractivity contribution >= 4 is 39.0 Å². The van der Waals surface area contributed by atoms with Crippen LogP contribution in [0, 0.1) is 0 Å². The maximum atomic E-state index is 6.19. The van der Waals surface area contributed by atoms with Crippen LogP contribution in [-0.2, 0) is 4.43 Å². The van der Waals surface area contributed by atoms with E-state index in [1.54, 1.807) is 3.20 Å². The van der Waals surface area contributed by atoms with Crippen LogP contribution in [0.1, 0.15) is 33.6 Å². The Kier molecular flexibility index (Phi) is 9.13. The summed E-state index contributed by atoms with van der Waals surface area (Å²) in [4.78, 5) is 0. The number of hydrogen-bond donors (Lipinski definition) is 0. The van der Waals surface area contributed by atoms with Gasteiger partial charge in [-0.05, 0) is 34.2 Å². The molecule has 0 fully saturated rings. The highest BCUT2D eigenvalue weighted by Gasteiger charge is 2.36. The lowest BCUT2D eigenvalue weighted by Crippen LogP contribution is -2.40. The molecular weight excluding hydrogens is 415 g/mol. The van der Waals surface area contributed by atoms with Gasteiger partial charge in [0, 0.05) is 0 Å². The summed E-state index contributed by atoms with van der Waals surface area (Å²) < 4.78 is 7.77. The third kappa shape index (κ3) is 7.75. The van der Waals surface area contributed by atoms with Crippen LogP contribution in [-0.4, -0.2) is 23.0 Å². The third-order valence-corrected chi connectivity index (χ3v) is 16.0. The first kappa shape index (κ1) is 22.3. The lowest BCUT2D eigenvalue weighted by atomic mass is 10.1. The molecule has 1 nitrogen and oxygen atoms in total. The molecule has 0 aromatic rings. The van der Waals surface area contributed by atoms with Crippen molar-refractivity contribution in [2.45, 2.75) is 71.4 Å². The van der Waals surface area contributed by atoms with Crippen molar-refractivity contribution in [2.24, 2.45) is 0 Å². The van der Waals surface area contributed by atoms with Gasteiger partial charge >= 0.3 is 0 Å². The predicted molar refractivity (Wildman–Crippen MR) is 116 cm³/mol. The zero-order valence-corrected chi connectivity index (χ0v) is 20.0. The minimum absolute atomic E-state index is 0.280. The summed E-state index contributed by atoms with van der Waals surface area (Å²) in [6.45, 7) is 23.3. The van der Waals surface area contributed by atoms with E-state index >= 15 is 0 Å². The van der Waals surface area contributed by atoms with Gasteiger partial charge in [-0.1, -0.05) is 86.8 Å². The molecule has 0 aromatic carbocycles. The molecule has 0 bridgehead atoms. The van der Waals surface area contributed by atoms with Gasteiger partial charge in [-0.3, -0.25) is 0 Å². The second-order valence-electron chi connectivity index (χ2n) is 8.41. The Morgan fingerprint density at radius 3 is 2.00 bits per heavy atom. The Bertz CT molecular complexity index is 423. The fourth-order valence-corrected chi connectivity index (χ4v) is 4.38. The number of hydrogen-bond acceptors (Lipinski definition) is 1. The van der Waals surface area contributed by atoms with Gasteiger partial charge in [-0.25, -0.2) is 0 Å². The summed E-state index contributed by atoms with van der Waals surface area (Å²) >= 11 is 2.55. The first-order valence-corrected chi connectivity index (χ1v) is 15.6. The van der Waals surface area contributed by atoms with Crippen LogP contribution in [0.2, 0.25) is 37.8 Å². The van der Waals surface area contributed by atoms with Crippen molar-refractivity contribution < 1.29 is 4.43 Å². The average Bonchev–Trinajstić information content (AvgIpc) is 2.33. The molecule has 0 atom stereocenters. The normalized spacial score (nSPS) is 15.1. The van der Waals surface area contributed by atoms with E-state index in [1.165, 1.54) is 5.57 Å². The molecule has 0 aliphatic heterocycles. The molecule has 0 rings (SSSR count). The predicted octanol–water partition coefficient (Wildman–Crippen LogP) is 7.10. The van der Waals surface area contributed by atoms with Gasteiger partial charge in [0.05, 0.1) is 14.7 Å². The van der Waals surface area contributed by atoms with Crippen molar-refractivity contribution in [3.05, 3.63) is 33.6 Å². The molecular formula is C18H35IOSi2. The molecule has 22 heavy (non-hydrogen) atoms. The Morgan fingerprint density at radius 1 is 1.05 bits per heavy atom. The second kappa shape index (κ2) is 8.99. The molecule has 0 aliphatic rings. The topological polar surface area (TPSA) is 9.23 Å². The van der Waals surface area contributed by atoms with Gasteiger partial charge in [0.2, 0.25) is 0 Å². The molecule has 4 heteroatoms. The Morgan fingerprint density at radius 2 is 1.59 bits per heavy atom. The summed E-state index contributed by atoms with van der Waals surface area (Å²) in [6, 6.07) is 0. The summed E-state index contributed by atoms with van der Waals surface area (Å²) in [5.41, 5.74) is 1.53. The molecule has 0 saturated heterocycles. The largest absolute Gasteiger partial charge is 0.413 e. The first-order chi connectivity index (χ1) is 9.83. The molecule has 0 radical (unpaired) electrons.